The maximum Gasteiger partial charge on any atom is 0.310 e. The Morgan fingerprint density at radius 3 is 2.48 bits per heavy atom. The second-order valence-electron chi connectivity index (χ2n) is 7.33. The highest BCUT2D eigenvalue weighted by Crippen LogP contribution is 2.28. The molecule has 0 unspecified atom stereocenters. The third kappa shape index (κ3) is 4.83. The third-order valence-electron chi connectivity index (χ3n) is 4.96. The van der Waals surface area contributed by atoms with Crippen molar-refractivity contribution in [3.63, 3.8) is 0 Å². The third-order valence-corrected chi connectivity index (χ3v) is 4.96. The minimum Gasteiger partial charge on any atom is -0.490 e. The number of rotatable bonds is 6. The van der Waals surface area contributed by atoms with Crippen LogP contribution in [0.25, 0.3) is 0 Å². The molecule has 0 saturated carbocycles. The van der Waals surface area contributed by atoms with Crippen LogP contribution in [0.4, 0.5) is 11.4 Å². The van der Waals surface area contributed by atoms with Gasteiger partial charge in [0.2, 0.25) is 0 Å². The molecule has 154 valence electrons. The molecule has 1 amide bonds. The van der Waals surface area contributed by atoms with Gasteiger partial charge >= 0.3 is 5.69 Å². The van der Waals surface area contributed by atoms with Gasteiger partial charge in [-0.3, -0.25) is 14.9 Å². The normalized spacial score (nSPS) is 14.2. The fourth-order valence-corrected chi connectivity index (χ4v) is 3.53. The summed E-state index contributed by atoms with van der Waals surface area (Å²) in [6.07, 6.45) is 0. The van der Waals surface area contributed by atoms with E-state index in [1.165, 1.54) is 30.9 Å². The fraction of sp³-hybridized carbons (Fsp3) is 0.381. The van der Waals surface area contributed by atoms with Crippen LogP contribution in [0.5, 0.6) is 5.75 Å². The van der Waals surface area contributed by atoms with Gasteiger partial charge in [-0.1, -0.05) is 12.1 Å². The highest BCUT2D eigenvalue weighted by molar-refractivity contribution is 5.95. The van der Waals surface area contributed by atoms with Crippen molar-refractivity contribution in [1.29, 1.82) is 0 Å². The van der Waals surface area contributed by atoms with Crippen LogP contribution in [-0.4, -0.2) is 68.0 Å². The van der Waals surface area contributed by atoms with Crippen LogP contribution >= 0.6 is 0 Å². The lowest BCUT2D eigenvalue weighted by molar-refractivity contribution is -0.385. The van der Waals surface area contributed by atoms with E-state index in [-0.39, 0.29) is 17.3 Å². The topological polar surface area (TPSA) is 79.2 Å². The summed E-state index contributed by atoms with van der Waals surface area (Å²) in [7, 11) is 5.45. The molecule has 1 fully saturated rings. The number of amides is 1. The Labute approximate surface area is 170 Å². The van der Waals surface area contributed by atoms with E-state index in [1.54, 1.807) is 4.90 Å². The predicted molar refractivity (Wildman–Crippen MR) is 112 cm³/mol. The lowest BCUT2D eigenvalue weighted by atomic mass is 10.1. The second-order valence-corrected chi connectivity index (χ2v) is 7.33. The monoisotopic (exact) mass is 398 g/mol. The van der Waals surface area contributed by atoms with Crippen LogP contribution in [0.3, 0.4) is 0 Å². The molecule has 0 aliphatic carbocycles. The quantitative estimate of drug-likeness (QED) is 0.550. The Bertz CT molecular complexity index is 892. The Morgan fingerprint density at radius 1 is 1.14 bits per heavy atom. The van der Waals surface area contributed by atoms with E-state index in [0.717, 1.165) is 25.3 Å². The van der Waals surface area contributed by atoms with Crippen LogP contribution in [0.15, 0.2) is 42.5 Å². The molecule has 29 heavy (non-hydrogen) atoms. The number of ether oxygens (including phenoxy) is 1. The number of piperazine rings is 1. The lowest BCUT2D eigenvalue weighted by Gasteiger charge is -2.36. The van der Waals surface area contributed by atoms with Crippen LogP contribution in [0.2, 0.25) is 0 Å². The highest BCUT2D eigenvalue weighted by Gasteiger charge is 2.24. The summed E-state index contributed by atoms with van der Waals surface area (Å²) in [4.78, 5) is 29.6. The molecule has 1 heterocycles. The van der Waals surface area contributed by atoms with Gasteiger partial charge in [0.15, 0.2) is 5.75 Å². The smallest absolute Gasteiger partial charge is 0.310 e. The van der Waals surface area contributed by atoms with E-state index in [4.69, 9.17) is 4.74 Å². The van der Waals surface area contributed by atoms with Crippen molar-refractivity contribution in [2.24, 2.45) is 0 Å². The summed E-state index contributed by atoms with van der Waals surface area (Å²) >= 11 is 0. The van der Waals surface area contributed by atoms with E-state index in [0.29, 0.717) is 18.7 Å². The number of anilines is 1. The molecule has 3 rings (SSSR count). The molecule has 1 saturated heterocycles. The van der Waals surface area contributed by atoms with E-state index >= 15 is 0 Å². The highest BCUT2D eigenvalue weighted by atomic mass is 16.6. The lowest BCUT2D eigenvalue weighted by Crippen LogP contribution is -2.48. The number of nitro groups is 1. The van der Waals surface area contributed by atoms with Gasteiger partial charge < -0.3 is 19.4 Å². The van der Waals surface area contributed by atoms with Crippen LogP contribution in [0.1, 0.15) is 15.9 Å². The van der Waals surface area contributed by atoms with Gasteiger partial charge in [-0.15, -0.1) is 0 Å². The average Bonchev–Trinajstić information content (AvgIpc) is 2.72. The van der Waals surface area contributed by atoms with Crippen molar-refractivity contribution >= 4 is 17.3 Å². The number of nitrogens with zero attached hydrogens (tertiary/aromatic N) is 4. The van der Waals surface area contributed by atoms with E-state index in [2.05, 4.69) is 34.1 Å². The molecule has 0 N–H and O–H groups in total. The molecule has 8 nitrogen and oxygen atoms in total. The number of nitro benzene ring substituents is 1. The summed E-state index contributed by atoms with van der Waals surface area (Å²) in [6.45, 7) is 3.54. The first-order valence-corrected chi connectivity index (χ1v) is 9.49. The SMILES string of the molecule is COc1cc(C(=O)N2CCN(c3cccc(CN(C)C)c3)CC2)ccc1[N+](=O)[O-]. The van der Waals surface area contributed by atoms with Gasteiger partial charge in [0.05, 0.1) is 12.0 Å². The van der Waals surface area contributed by atoms with Crippen molar-refractivity contribution in [2.45, 2.75) is 6.54 Å². The van der Waals surface area contributed by atoms with Crippen molar-refractivity contribution in [2.75, 3.05) is 52.3 Å². The number of carbonyl (C=O) groups excluding carboxylic acids is 1. The van der Waals surface area contributed by atoms with Crippen LogP contribution in [0, 0.1) is 10.1 Å². The molecule has 8 heteroatoms. The summed E-state index contributed by atoms with van der Waals surface area (Å²) < 4.78 is 5.07. The molecule has 1 aliphatic rings. The predicted octanol–water partition coefficient (Wildman–Crippen LogP) is 2.63. The number of hydrogen-bond acceptors (Lipinski definition) is 6. The molecular weight excluding hydrogens is 372 g/mol. The summed E-state index contributed by atoms with van der Waals surface area (Å²) in [6, 6.07) is 12.7. The van der Waals surface area contributed by atoms with E-state index < -0.39 is 4.92 Å². The van der Waals surface area contributed by atoms with Crippen LogP contribution < -0.4 is 9.64 Å². The first-order valence-electron chi connectivity index (χ1n) is 9.49. The molecule has 2 aromatic rings. The number of carbonyl (C=O) groups is 1. The summed E-state index contributed by atoms with van der Waals surface area (Å²) in [5, 5.41) is 11.0. The number of hydrogen-bond donors (Lipinski definition) is 0. The molecule has 2 aromatic carbocycles. The Morgan fingerprint density at radius 2 is 1.86 bits per heavy atom. The van der Waals surface area contributed by atoms with Crippen molar-refractivity contribution in [3.8, 4) is 5.75 Å². The summed E-state index contributed by atoms with van der Waals surface area (Å²) in [5.74, 6) is -0.0450. The Balaban J connectivity index is 1.66. The van der Waals surface area contributed by atoms with Crippen molar-refractivity contribution in [3.05, 3.63) is 63.7 Å². The largest absolute Gasteiger partial charge is 0.490 e. The maximum atomic E-state index is 12.8. The Hall–Kier alpha value is -3.13. The van der Waals surface area contributed by atoms with Gasteiger partial charge in [-0.2, -0.15) is 0 Å². The molecule has 0 aromatic heterocycles. The van der Waals surface area contributed by atoms with Gasteiger partial charge in [0.25, 0.3) is 5.91 Å². The van der Waals surface area contributed by atoms with E-state index in [9.17, 15) is 14.9 Å². The molecule has 0 radical (unpaired) electrons. The summed E-state index contributed by atoms with van der Waals surface area (Å²) in [5.41, 5.74) is 2.66. The first-order chi connectivity index (χ1) is 13.9. The zero-order chi connectivity index (χ0) is 21.0. The molecule has 0 spiro atoms. The number of benzene rings is 2. The minimum absolute atomic E-state index is 0.0946. The van der Waals surface area contributed by atoms with Gasteiger partial charge in [-0.05, 0) is 37.9 Å². The standard InChI is InChI=1S/C21H26N4O4/c1-22(2)15-16-5-4-6-18(13-16)23-9-11-24(12-10-23)21(26)17-7-8-19(25(27)28)20(14-17)29-3/h4-8,13-14H,9-12,15H2,1-3H3. The minimum atomic E-state index is -0.518. The van der Waals surface area contributed by atoms with Crippen molar-refractivity contribution < 1.29 is 14.5 Å². The van der Waals surface area contributed by atoms with Crippen molar-refractivity contribution in [1.82, 2.24) is 9.80 Å². The number of methoxy groups -OCH3 is 1. The molecule has 0 atom stereocenters. The van der Waals surface area contributed by atoms with Gasteiger partial charge in [0.1, 0.15) is 0 Å². The van der Waals surface area contributed by atoms with Gasteiger partial charge in [-0.25, -0.2) is 0 Å². The van der Waals surface area contributed by atoms with Crippen LogP contribution in [-0.2, 0) is 6.54 Å². The molecular formula is C21H26N4O4. The maximum absolute atomic E-state index is 12.8. The Kier molecular flexibility index (Phi) is 6.33. The zero-order valence-electron chi connectivity index (χ0n) is 17.0. The molecule has 1 aliphatic heterocycles. The fourth-order valence-electron chi connectivity index (χ4n) is 3.53. The van der Waals surface area contributed by atoms with E-state index in [1.807, 2.05) is 14.1 Å². The first kappa shape index (κ1) is 20.6. The second kappa shape index (κ2) is 8.91. The zero-order valence-corrected chi connectivity index (χ0v) is 17.0. The van der Waals surface area contributed by atoms with Gasteiger partial charge in [0, 0.05) is 56.1 Å². The molecule has 0 bridgehead atoms. The average molecular weight is 398 g/mol.